The number of nitrogens with one attached hydrogen (secondary N) is 1. The summed E-state index contributed by atoms with van der Waals surface area (Å²) in [5.74, 6) is -1.05. The van der Waals surface area contributed by atoms with Crippen LogP contribution >= 0.6 is 0 Å². The van der Waals surface area contributed by atoms with Crippen LogP contribution in [0.2, 0.25) is 0 Å². The minimum Gasteiger partial charge on any atom is -0.478 e. The lowest BCUT2D eigenvalue weighted by Crippen LogP contribution is -2.23. The zero-order valence-electron chi connectivity index (χ0n) is 12.3. The maximum atomic E-state index is 11.4. The Hall–Kier alpha value is -2.37. The molecule has 0 aliphatic carbocycles. The van der Waals surface area contributed by atoms with E-state index >= 15 is 0 Å². The van der Waals surface area contributed by atoms with Gasteiger partial charge in [0.25, 0.3) is 0 Å². The topological polar surface area (TPSA) is 89.8 Å². The van der Waals surface area contributed by atoms with Crippen LogP contribution in [0, 0.1) is 6.92 Å². The molecule has 2 aromatic rings. The molecule has 1 atom stereocenters. The molecule has 2 aromatic carbocycles. The molecule has 0 saturated heterocycles. The number of aliphatic hydroxyl groups excluding tert-OH is 2. The lowest BCUT2D eigenvalue weighted by Gasteiger charge is -2.14. The van der Waals surface area contributed by atoms with Gasteiger partial charge in [-0.15, -0.1) is 0 Å². The van der Waals surface area contributed by atoms with E-state index in [0.29, 0.717) is 5.69 Å². The molecular weight excluding hydrogens is 282 g/mol. The Kier molecular flexibility index (Phi) is 5.14. The number of carboxylic acids is 1. The molecule has 0 saturated carbocycles. The molecule has 0 bridgehead atoms. The van der Waals surface area contributed by atoms with Gasteiger partial charge in [-0.25, -0.2) is 4.79 Å². The molecule has 0 aliphatic heterocycles. The summed E-state index contributed by atoms with van der Waals surface area (Å²) in [5.41, 5.74) is 3.43. The molecule has 0 aromatic heterocycles. The Morgan fingerprint density at radius 3 is 2.36 bits per heavy atom. The number of carboxylic acid groups (broad SMARTS) is 1. The first-order chi connectivity index (χ1) is 10.5. The van der Waals surface area contributed by atoms with Crippen LogP contribution in [0.5, 0.6) is 0 Å². The Morgan fingerprint density at radius 2 is 1.77 bits per heavy atom. The van der Waals surface area contributed by atoms with Gasteiger partial charge in [0.2, 0.25) is 0 Å². The van der Waals surface area contributed by atoms with Crippen LogP contribution in [0.3, 0.4) is 0 Å². The Bertz CT molecular complexity index is 652. The van der Waals surface area contributed by atoms with Crippen molar-refractivity contribution in [2.45, 2.75) is 13.0 Å². The highest BCUT2D eigenvalue weighted by molar-refractivity contribution is 5.96. The molecule has 0 radical (unpaired) electrons. The van der Waals surface area contributed by atoms with Crippen molar-refractivity contribution in [2.75, 3.05) is 18.5 Å². The van der Waals surface area contributed by atoms with Crippen molar-refractivity contribution in [2.24, 2.45) is 0 Å². The predicted octanol–water partition coefficient (Wildman–Crippen LogP) is 2.13. The van der Waals surface area contributed by atoms with E-state index in [4.69, 9.17) is 5.11 Å². The van der Waals surface area contributed by atoms with E-state index < -0.39 is 12.1 Å². The third-order valence-corrected chi connectivity index (χ3v) is 3.37. The molecule has 0 heterocycles. The SMILES string of the molecule is Cc1ccc(-c2ccc(NCC(O)CO)c(C(=O)O)c2)cc1. The molecule has 5 nitrogen and oxygen atoms in total. The fraction of sp³-hybridized carbons (Fsp3) is 0.235. The van der Waals surface area contributed by atoms with Crippen molar-refractivity contribution < 1.29 is 20.1 Å². The van der Waals surface area contributed by atoms with E-state index in [-0.39, 0.29) is 18.7 Å². The van der Waals surface area contributed by atoms with Gasteiger partial charge in [-0.1, -0.05) is 35.9 Å². The van der Waals surface area contributed by atoms with Gasteiger partial charge in [0.15, 0.2) is 0 Å². The van der Waals surface area contributed by atoms with Crippen molar-refractivity contribution in [1.82, 2.24) is 0 Å². The highest BCUT2D eigenvalue weighted by Crippen LogP contribution is 2.25. The predicted molar refractivity (Wildman–Crippen MR) is 85.2 cm³/mol. The largest absolute Gasteiger partial charge is 0.478 e. The molecular formula is C17H19NO4. The second kappa shape index (κ2) is 7.06. The number of hydrogen-bond donors (Lipinski definition) is 4. The van der Waals surface area contributed by atoms with Crippen LogP contribution in [0.15, 0.2) is 42.5 Å². The van der Waals surface area contributed by atoms with Gasteiger partial charge < -0.3 is 20.6 Å². The van der Waals surface area contributed by atoms with Crippen molar-refractivity contribution in [3.05, 3.63) is 53.6 Å². The van der Waals surface area contributed by atoms with E-state index in [0.717, 1.165) is 16.7 Å². The molecule has 0 fully saturated rings. The first kappa shape index (κ1) is 16.0. The average molecular weight is 301 g/mol. The summed E-state index contributed by atoms with van der Waals surface area (Å²) in [7, 11) is 0. The number of anilines is 1. The summed E-state index contributed by atoms with van der Waals surface area (Å²) in [5, 5.41) is 30.3. The van der Waals surface area contributed by atoms with Crippen LogP contribution in [-0.4, -0.2) is 40.5 Å². The summed E-state index contributed by atoms with van der Waals surface area (Å²) in [6.07, 6.45) is -0.932. The number of carbonyl (C=O) groups is 1. The highest BCUT2D eigenvalue weighted by atomic mass is 16.4. The highest BCUT2D eigenvalue weighted by Gasteiger charge is 2.13. The Balaban J connectivity index is 2.30. The second-order valence-corrected chi connectivity index (χ2v) is 5.15. The molecule has 0 spiro atoms. The first-order valence-corrected chi connectivity index (χ1v) is 6.98. The number of aromatic carboxylic acids is 1. The van der Waals surface area contributed by atoms with Crippen molar-refractivity contribution in [3.63, 3.8) is 0 Å². The van der Waals surface area contributed by atoms with Gasteiger partial charge in [0.05, 0.1) is 18.3 Å². The van der Waals surface area contributed by atoms with Crippen LogP contribution < -0.4 is 5.32 Å². The molecule has 1 unspecified atom stereocenters. The van der Waals surface area contributed by atoms with Gasteiger partial charge in [-0.05, 0) is 30.2 Å². The van der Waals surface area contributed by atoms with Crippen LogP contribution in [-0.2, 0) is 0 Å². The molecule has 4 N–H and O–H groups in total. The standard InChI is InChI=1S/C17H19NO4/c1-11-2-4-12(5-3-11)13-6-7-16(15(8-13)17(21)22)18-9-14(20)10-19/h2-8,14,18-20H,9-10H2,1H3,(H,21,22). The maximum absolute atomic E-state index is 11.4. The quantitative estimate of drug-likeness (QED) is 0.656. The molecule has 2 rings (SSSR count). The molecule has 22 heavy (non-hydrogen) atoms. The third kappa shape index (κ3) is 3.84. The monoisotopic (exact) mass is 301 g/mol. The van der Waals surface area contributed by atoms with Crippen molar-refractivity contribution >= 4 is 11.7 Å². The summed E-state index contributed by atoms with van der Waals surface area (Å²) >= 11 is 0. The minimum absolute atomic E-state index is 0.0840. The van der Waals surface area contributed by atoms with E-state index in [1.54, 1.807) is 12.1 Å². The van der Waals surface area contributed by atoms with Gasteiger partial charge in [-0.3, -0.25) is 0 Å². The zero-order valence-corrected chi connectivity index (χ0v) is 12.3. The summed E-state index contributed by atoms with van der Waals surface area (Å²) in [6.45, 7) is 1.70. The van der Waals surface area contributed by atoms with E-state index in [9.17, 15) is 15.0 Å². The lowest BCUT2D eigenvalue weighted by molar-refractivity contribution is 0.0697. The molecule has 5 heteroatoms. The molecule has 0 amide bonds. The summed E-state index contributed by atoms with van der Waals surface area (Å²) in [6, 6.07) is 12.9. The van der Waals surface area contributed by atoms with E-state index in [1.807, 2.05) is 37.3 Å². The first-order valence-electron chi connectivity index (χ1n) is 6.98. The number of hydrogen-bond acceptors (Lipinski definition) is 4. The molecule has 0 aliphatic rings. The van der Waals surface area contributed by atoms with Gasteiger partial charge in [0, 0.05) is 12.2 Å². The van der Waals surface area contributed by atoms with Crippen LogP contribution in [0.25, 0.3) is 11.1 Å². The smallest absolute Gasteiger partial charge is 0.337 e. The van der Waals surface area contributed by atoms with Crippen LogP contribution in [0.4, 0.5) is 5.69 Å². The summed E-state index contributed by atoms with van der Waals surface area (Å²) in [4.78, 5) is 11.4. The Morgan fingerprint density at radius 1 is 1.14 bits per heavy atom. The fourth-order valence-corrected chi connectivity index (χ4v) is 2.09. The molecule has 116 valence electrons. The summed E-state index contributed by atoms with van der Waals surface area (Å²) < 4.78 is 0. The van der Waals surface area contributed by atoms with Gasteiger partial charge in [-0.2, -0.15) is 0 Å². The Labute approximate surface area is 128 Å². The van der Waals surface area contributed by atoms with Crippen molar-refractivity contribution in [3.8, 4) is 11.1 Å². The number of aliphatic hydroxyl groups is 2. The van der Waals surface area contributed by atoms with E-state index in [1.165, 1.54) is 0 Å². The van der Waals surface area contributed by atoms with E-state index in [2.05, 4.69) is 5.32 Å². The van der Waals surface area contributed by atoms with Gasteiger partial charge in [0.1, 0.15) is 0 Å². The van der Waals surface area contributed by atoms with Crippen molar-refractivity contribution in [1.29, 1.82) is 0 Å². The number of benzene rings is 2. The third-order valence-electron chi connectivity index (χ3n) is 3.37. The fourth-order valence-electron chi connectivity index (χ4n) is 2.09. The number of aryl methyl sites for hydroxylation is 1. The van der Waals surface area contributed by atoms with Gasteiger partial charge >= 0.3 is 5.97 Å². The number of rotatable bonds is 6. The second-order valence-electron chi connectivity index (χ2n) is 5.15. The maximum Gasteiger partial charge on any atom is 0.337 e. The van der Waals surface area contributed by atoms with Crippen LogP contribution in [0.1, 0.15) is 15.9 Å². The minimum atomic E-state index is -1.05. The zero-order chi connectivity index (χ0) is 16.1. The average Bonchev–Trinajstić information content (AvgIpc) is 2.53. The normalized spacial score (nSPS) is 12.0. The lowest BCUT2D eigenvalue weighted by atomic mass is 10.0.